The van der Waals surface area contributed by atoms with Crippen LogP contribution < -0.4 is 0 Å². The zero-order valence-corrected chi connectivity index (χ0v) is 11.1. The minimum atomic E-state index is 0.0744. The van der Waals surface area contributed by atoms with E-state index in [1.165, 1.54) is 0 Å². The summed E-state index contributed by atoms with van der Waals surface area (Å²) in [6, 6.07) is 0. The molecule has 0 amide bonds. The molecule has 0 aromatic heterocycles. The van der Waals surface area contributed by atoms with Gasteiger partial charge in [0.25, 0.3) is 0 Å². The lowest BCUT2D eigenvalue weighted by molar-refractivity contribution is 0.243. The summed E-state index contributed by atoms with van der Waals surface area (Å²) < 4.78 is 5.78. The van der Waals surface area contributed by atoms with Gasteiger partial charge in [-0.15, -0.1) is 23.3 Å². The summed E-state index contributed by atoms with van der Waals surface area (Å²) in [7, 11) is 0. The van der Waals surface area contributed by atoms with E-state index in [4.69, 9.17) is 16.3 Å². The van der Waals surface area contributed by atoms with Crippen LogP contribution in [0.4, 0.5) is 0 Å². The molecule has 15 heavy (non-hydrogen) atoms. The van der Waals surface area contributed by atoms with E-state index < -0.39 is 0 Å². The molecule has 0 N–H and O–H groups in total. The van der Waals surface area contributed by atoms with Crippen LogP contribution in [0, 0.1) is 11.7 Å². The summed E-state index contributed by atoms with van der Waals surface area (Å²) in [6.45, 7) is 8.53. The molecule has 0 aliphatic rings. The van der Waals surface area contributed by atoms with Gasteiger partial charge in [0, 0.05) is 18.4 Å². The van der Waals surface area contributed by atoms with Crippen molar-refractivity contribution in [3.8, 4) is 11.7 Å². The first-order chi connectivity index (χ1) is 7.11. The molecule has 3 heteroatoms. The Morgan fingerprint density at radius 3 is 2.47 bits per heavy atom. The lowest BCUT2D eigenvalue weighted by atomic mass is 9.56. The molecule has 0 saturated heterocycles. The maximum absolute atomic E-state index is 5.78. The molecule has 1 nitrogen and oxygen atoms in total. The van der Waals surface area contributed by atoms with E-state index >= 15 is 0 Å². The summed E-state index contributed by atoms with van der Waals surface area (Å²) in [5, 5.41) is 0. The van der Waals surface area contributed by atoms with Gasteiger partial charge in [0.1, 0.15) is 0 Å². The van der Waals surface area contributed by atoms with Gasteiger partial charge in [-0.05, 0) is 26.1 Å². The van der Waals surface area contributed by atoms with Gasteiger partial charge in [-0.25, -0.2) is 0 Å². The first-order valence-corrected chi connectivity index (χ1v) is 6.35. The van der Waals surface area contributed by atoms with Crippen molar-refractivity contribution in [3.05, 3.63) is 0 Å². The molecule has 0 rings (SSSR count). The van der Waals surface area contributed by atoms with Gasteiger partial charge < -0.3 is 4.65 Å². The summed E-state index contributed by atoms with van der Waals surface area (Å²) in [4.78, 5) is 0. The van der Waals surface area contributed by atoms with Gasteiger partial charge >= 0.3 is 6.92 Å². The first kappa shape index (κ1) is 14.9. The van der Waals surface area contributed by atoms with Crippen LogP contribution in [-0.4, -0.2) is 18.9 Å². The topological polar surface area (TPSA) is 9.23 Å². The standard InChI is InChI=1S/C12H22BClO/c1-5-12(4)13(15-11(2)3)9-7-6-8-10-14/h11-12H,5-6,8,10H2,1-4H3. The van der Waals surface area contributed by atoms with Crippen LogP contribution in [-0.2, 0) is 4.65 Å². The molecule has 0 fully saturated rings. The Kier molecular flexibility index (Phi) is 9.05. The minimum absolute atomic E-state index is 0.0744. The van der Waals surface area contributed by atoms with E-state index in [9.17, 15) is 0 Å². The quantitative estimate of drug-likeness (QED) is 0.291. The molecule has 0 heterocycles. The van der Waals surface area contributed by atoms with Crippen LogP contribution in [0.1, 0.15) is 47.0 Å². The zero-order chi connectivity index (χ0) is 11.7. The fourth-order valence-electron chi connectivity index (χ4n) is 1.15. The van der Waals surface area contributed by atoms with Crippen molar-refractivity contribution >= 4 is 18.5 Å². The summed E-state index contributed by atoms with van der Waals surface area (Å²) in [5.74, 6) is 7.54. The van der Waals surface area contributed by atoms with E-state index in [0.717, 1.165) is 19.3 Å². The predicted molar refractivity (Wildman–Crippen MR) is 69.4 cm³/mol. The maximum atomic E-state index is 5.78. The van der Waals surface area contributed by atoms with Crippen LogP contribution in [0.25, 0.3) is 0 Å². The number of unbranched alkanes of at least 4 members (excludes halogenated alkanes) is 1. The molecule has 0 saturated carbocycles. The molecule has 1 unspecified atom stereocenters. The third-order valence-electron chi connectivity index (χ3n) is 2.26. The molecule has 0 aliphatic carbocycles. The second-order valence-corrected chi connectivity index (χ2v) is 4.48. The normalized spacial score (nSPS) is 12.1. The maximum Gasteiger partial charge on any atom is 0.382 e. The summed E-state index contributed by atoms with van der Waals surface area (Å²) in [6.07, 6.45) is 3.18. The molecule has 0 aromatic rings. The third-order valence-corrected chi connectivity index (χ3v) is 2.53. The molecule has 1 atom stereocenters. The van der Waals surface area contributed by atoms with Gasteiger partial charge in [-0.1, -0.05) is 20.3 Å². The predicted octanol–water partition coefficient (Wildman–Crippen LogP) is 3.76. The van der Waals surface area contributed by atoms with E-state index in [-0.39, 0.29) is 13.0 Å². The largest absolute Gasteiger partial charge is 0.422 e. The van der Waals surface area contributed by atoms with Gasteiger partial charge in [-0.3, -0.25) is 0 Å². The number of hydrogen-bond donors (Lipinski definition) is 0. The Morgan fingerprint density at radius 1 is 1.33 bits per heavy atom. The molecule has 0 spiro atoms. The van der Waals surface area contributed by atoms with Crippen molar-refractivity contribution in [2.24, 2.45) is 0 Å². The zero-order valence-electron chi connectivity index (χ0n) is 10.3. The van der Waals surface area contributed by atoms with Gasteiger partial charge in [0.15, 0.2) is 0 Å². The molecule has 0 bridgehead atoms. The molecule has 0 aliphatic heterocycles. The highest BCUT2D eigenvalue weighted by Gasteiger charge is 2.21. The van der Waals surface area contributed by atoms with Crippen molar-refractivity contribution < 1.29 is 4.65 Å². The molecular weight excluding hydrogens is 206 g/mol. The van der Waals surface area contributed by atoms with Crippen molar-refractivity contribution in [1.82, 2.24) is 0 Å². The molecule has 0 radical (unpaired) electrons. The Balaban J connectivity index is 4.14. The first-order valence-electron chi connectivity index (χ1n) is 5.81. The second kappa shape index (κ2) is 9.13. The number of rotatable bonds is 6. The Bertz CT molecular complexity index is 207. The lowest BCUT2D eigenvalue weighted by Gasteiger charge is -2.17. The van der Waals surface area contributed by atoms with Crippen LogP contribution in [0.15, 0.2) is 0 Å². The monoisotopic (exact) mass is 228 g/mol. The van der Waals surface area contributed by atoms with Crippen LogP contribution in [0.2, 0.25) is 5.82 Å². The lowest BCUT2D eigenvalue weighted by Crippen LogP contribution is -2.25. The highest BCUT2D eigenvalue weighted by Crippen LogP contribution is 2.15. The second-order valence-electron chi connectivity index (χ2n) is 4.10. The summed E-state index contributed by atoms with van der Waals surface area (Å²) >= 11 is 5.59. The average Bonchev–Trinajstić information content (AvgIpc) is 2.21. The van der Waals surface area contributed by atoms with Crippen molar-refractivity contribution in [1.29, 1.82) is 0 Å². The van der Waals surface area contributed by atoms with Crippen molar-refractivity contribution in [2.45, 2.75) is 58.9 Å². The third kappa shape index (κ3) is 7.76. The summed E-state index contributed by atoms with van der Waals surface area (Å²) in [5.41, 5.74) is 0. The van der Waals surface area contributed by atoms with Crippen LogP contribution >= 0.6 is 11.6 Å². The van der Waals surface area contributed by atoms with Gasteiger partial charge in [0.2, 0.25) is 0 Å². The van der Waals surface area contributed by atoms with Crippen LogP contribution in [0.3, 0.4) is 0 Å². The number of halogens is 1. The molecule has 0 aromatic carbocycles. The Hall–Kier alpha value is -0.125. The Morgan fingerprint density at radius 2 is 2.00 bits per heavy atom. The van der Waals surface area contributed by atoms with E-state index in [2.05, 4.69) is 39.4 Å². The minimum Gasteiger partial charge on any atom is -0.422 e. The highest BCUT2D eigenvalue weighted by atomic mass is 35.5. The van der Waals surface area contributed by atoms with E-state index in [1.807, 2.05) is 0 Å². The highest BCUT2D eigenvalue weighted by molar-refractivity contribution is 6.62. The smallest absolute Gasteiger partial charge is 0.382 e. The number of hydrogen-bond acceptors (Lipinski definition) is 1. The average molecular weight is 229 g/mol. The fourth-order valence-corrected chi connectivity index (χ4v) is 1.28. The van der Waals surface area contributed by atoms with E-state index in [0.29, 0.717) is 11.7 Å². The van der Waals surface area contributed by atoms with Gasteiger partial charge in [-0.2, -0.15) is 0 Å². The van der Waals surface area contributed by atoms with E-state index in [1.54, 1.807) is 0 Å². The molecular formula is C12H22BClO. The van der Waals surface area contributed by atoms with Crippen LogP contribution in [0.5, 0.6) is 0 Å². The van der Waals surface area contributed by atoms with Crippen molar-refractivity contribution in [3.63, 3.8) is 0 Å². The van der Waals surface area contributed by atoms with Crippen molar-refractivity contribution in [2.75, 3.05) is 5.88 Å². The fraction of sp³-hybridized carbons (Fsp3) is 0.833. The number of alkyl halides is 1. The Labute approximate surface area is 100 Å². The SMILES string of the molecule is CCC(C)B(C#CCCCCl)OC(C)C. The van der Waals surface area contributed by atoms with Gasteiger partial charge in [0.05, 0.1) is 0 Å². The molecule has 86 valence electrons.